The van der Waals surface area contributed by atoms with Crippen LogP contribution in [0.3, 0.4) is 0 Å². The minimum atomic E-state index is -1.04. The molecule has 4 amide bonds. The maximum atomic E-state index is 13.3. The van der Waals surface area contributed by atoms with Crippen molar-refractivity contribution in [3.63, 3.8) is 0 Å². The largest absolute Gasteiger partial charge is 0.467 e. The second-order valence-electron chi connectivity index (χ2n) is 7.17. The number of methoxy groups -OCH3 is 1. The number of nitrogens with one attached hydrogen (secondary N) is 1. The summed E-state index contributed by atoms with van der Waals surface area (Å²) in [5, 5.41) is 3.00. The molecule has 0 saturated carbocycles. The highest BCUT2D eigenvalue weighted by Gasteiger charge is 2.41. The van der Waals surface area contributed by atoms with Gasteiger partial charge in [0.05, 0.1) is 20.1 Å². The summed E-state index contributed by atoms with van der Waals surface area (Å²) < 4.78 is 9.98. The number of hydrogen-bond donors (Lipinski definition) is 1. The second-order valence-corrected chi connectivity index (χ2v) is 7.17. The van der Waals surface area contributed by atoms with Crippen LogP contribution in [0.2, 0.25) is 0 Å². The predicted octanol–water partition coefficient (Wildman–Crippen LogP) is 0.994. The van der Waals surface area contributed by atoms with Gasteiger partial charge in [0, 0.05) is 20.4 Å². The molecule has 0 spiro atoms. The van der Waals surface area contributed by atoms with Crippen LogP contribution in [-0.4, -0.2) is 71.1 Å². The number of benzene rings is 1. The SMILES string of the molecule is COC(=O)[C@@H]1CCCN(C(C)=O)N1C(=O)N(CCC(=O)OCc1ccccc1)NC(C)=O. The molecule has 1 aromatic rings. The molecule has 1 aliphatic rings. The quantitative estimate of drug-likeness (QED) is 0.508. The number of amides is 4. The molecule has 1 saturated heterocycles. The first kappa shape index (κ1) is 24.6. The van der Waals surface area contributed by atoms with Gasteiger partial charge in [-0.05, 0) is 18.4 Å². The third-order valence-electron chi connectivity index (χ3n) is 4.74. The fourth-order valence-corrected chi connectivity index (χ4v) is 3.26. The third-order valence-corrected chi connectivity index (χ3v) is 4.74. The van der Waals surface area contributed by atoms with Gasteiger partial charge in [-0.1, -0.05) is 30.3 Å². The van der Waals surface area contributed by atoms with Crippen LogP contribution < -0.4 is 5.43 Å². The first-order valence-corrected chi connectivity index (χ1v) is 10.2. The van der Waals surface area contributed by atoms with Gasteiger partial charge in [-0.15, -0.1) is 0 Å². The lowest BCUT2D eigenvalue weighted by Gasteiger charge is -2.43. The van der Waals surface area contributed by atoms with Crippen LogP contribution in [0.1, 0.15) is 38.7 Å². The van der Waals surface area contributed by atoms with E-state index in [4.69, 9.17) is 9.47 Å². The standard InChI is InChI=1S/C21H28N4O7/c1-15(26)22-23(13-11-19(28)32-14-17-8-5-4-6-9-17)21(30)25-18(20(29)31-3)10-7-12-24(25)16(2)27/h4-6,8-9,18H,7,10-14H2,1-3H3,(H,22,26)/t18-/m0/s1. The Morgan fingerprint density at radius 2 is 1.81 bits per heavy atom. The molecule has 0 bridgehead atoms. The Hall–Kier alpha value is -3.63. The summed E-state index contributed by atoms with van der Waals surface area (Å²) in [7, 11) is 1.19. The summed E-state index contributed by atoms with van der Waals surface area (Å²) in [6.45, 7) is 2.54. The van der Waals surface area contributed by atoms with Crippen LogP contribution in [0.4, 0.5) is 4.79 Å². The van der Waals surface area contributed by atoms with E-state index in [1.807, 2.05) is 18.2 Å². The molecule has 11 nitrogen and oxygen atoms in total. The van der Waals surface area contributed by atoms with E-state index in [-0.39, 0.29) is 32.5 Å². The van der Waals surface area contributed by atoms with Crippen molar-refractivity contribution in [2.75, 3.05) is 20.2 Å². The van der Waals surface area contributed by atoms with E-state index in [0.29, 0.717) is 6.42 Å². The summed E-state index contributed by atoms with van der Waals surface area (Å²) in [6.07, 6.45) is 0.569. The number of nitrogens with zero attached hydrogens (tertiary/aromatic N) is 3. The van der Waals surface area contributed by atoms with Gasteiger partial charge >= 0.3 is 18.0 Å². The molecule has 2 rings (SSSR count). The average Bonchev–Trinajstić information content (AvgIpc) is 2.79. The lowest BCUT2D eigenvalue weighted by molar-refractivity contribution is -0.166. The van der Waals surface area contributed by atoms with Crippen LogP contribution in [0.25, 0.3) is 0 Å². The second kappa shape index (κ2) is 11.7. The van der Waals surface area contributed by atoms with Crippen molar-refractivity contribution in [3.8, 4) is 0 Å². The number of urea groups is 1. The predicted molar refractivity (Wildman–Crippen MR) is 111 cm³/mol. The molecule has 1 aliphatic heterocycles. The van der Waals surface area contributed by atoms with Gasteiger partial charge in [0.1, 0.15) is 6.61 Å². The Morgan fingerprint density at radius 3 is 2.41 bits per heavy atom. The highest BCUT2D eigenvalue weighted by atomic mass is 16.5. The average molecular weight is 448 g/mol. The number of ether oxygens (including phenoxy) is 2. The number of rotatable bonds is 6. The first-order chi connectivity index (χ1) is 15.2. The van der Waals surface area contributed by atoms with Crippen molar-refractivity contribution >= 4 is 29.8 Å². The Bertz CT molecular complexity index is 846. The van der Waals surface area contributed by atoms with Gasteiger partial charge in [0.2, 0.25) is 11.8 Å². The lowest BCUT2D eigenvalue weighted by atomic mass is 10.1. The van der Waals surface area contributed by atoms with Crippen molar-refractivity contribution in [3.05, 3.63) is 35.9 Å². The van der Waals surface area contributed by atoms with E-state index in [1.165, 1.54) is 21.0 Å². The molecule has 1 N–H and O–H groups in total. The lowest BCUT2D eigenvalue weighted by Crippen LogP contribution is -2.65. The molecule has 11 heteroatoms. The van der Waals surface area contributed by atoms with Gasteiger partial charge in [0.25, 0.3) is 0 Å². The fourth-order valence-electron chi connectivity index (χ4n) is 3.26. The number of carbonyl (C=O) groups excluding carboxylic acids is 5. The number of esters is 2. The normalized spacial score (nSPS) is 15.5. The fraction of sp³-hybridized carbons (Fsp3) is 0.476. The van der Waals surface area contributed by atoms with E-state index >= 15 is 0 Å². The van der Waals surface area contributed by atoms with Crippen molar-refractivity contribution in [1.29, 1.82) is 0 Å². The van der Waals surface area contributed by atoms with Crippen LogP contribution >= 0.6 is 0 Å². The third kappa shape index (κ3) is 6.69. The molecule has 0 unspecified atom stereocenters. The van der Waals surface area contributed by atoms with Crippen LogP contribution in [0.5, 0.6) is 0 Å². The zero-order valence-electron chi connectivity index (χ0n) is 18.4. The first-order valence-electron chi connectivity index (χ1n) is 10.2. The summed E-state index contributed by atoms with van der Waals surface area (Å²) in [6, 6.07) is 7.22. The van der Waals surface area contributed by atoms with E-state index in [1.54, 1.807) is 12.1 Å². The molecule has 1 heterocycles. The molecule has 32 heavy (non-hydrogen) atoms. The summed E-state index contributed by atoms with van der Waals surface area (Å²) in [5.74, 6) is -2.27. The molecule has 0 radical (unpaired) electrons. The molecule has 1 aromatic carbocycles. The summed E-state index contributed by atoms with van der Waals surface area (Å²) >= 11 is 0. The maximum Gasteiger partial charge on any atom is 0.358 e. The van der Waals surface area contributed by atoms with Crippen LogP contribution in [0.15, 0.2) is 30.3 Å². The molecular formula is C21H28N4O7. The van der Waals surface area contributed by atoms with Gasteiger partial charge in [-0.3, -0.25) is 19.8 Å². The monoisotopic (exact) mass is 448 g/mol. The summed E-state index contributed by atoms with van der Waals surface area (Å²) in [4.78, 5) is 61.4. The minimum absolute atomic E-state index is 0.0718. The molecule has 1 fully saturated rings. The van der Waals surface area contributed by atoms with Crippen LogP contribution in [0, 0.1) is 0 Å². The highest BCUT2D eigenvalue weighted by Crippen LogP contribution is 2.21. The zero-order valence-corrected chi connectivity index (χ0v) is 18.4. The Labute approximate surface area is 186 Å². The van der Waals surface area contributed by atoms with Gasteiger partial charge in [0.15, 0.2) is 6.04 Å². The van der Waals surface area contributed by atoms with Crippen LogP contribution in [-0.2, 0) is 35.3 Å². The van der Waals surface area contributed by atoms with Crippen molar-refractivity contribution in [1.82, 2.24) is 20.5 Å². The van der Waals surface area contributed by atoms with E-state index in [0.717, 1.165) is 20.6 Å². The number of hydrogen-bond acceptors (Lipinski definition) is 7. The van der Waals surface area contributed by atoms with E-state index < -0.39 is 35.8 Å². The maximum absolute atomic E-state index is 13.3. The Morgan fingerprint density at radius 1 is 1.12 bits per heavy atom. The Balaban J connectivity index is 2.11. The molecule has 174 valence electrons. The molecule has 0 aliphatic carbocycles. The van der Waals surface area contributed by atoms with Crippen molar-refractivity contribution in [2.45, 2.75) is 45.8 Å². The summed E-state index contributed by atoms with van der Waals surface area (Å²) in [5.41, 5.74) is 3.16. The number of hydrazine groups is 2. The minimum Gasteiger partial charge on any atom is -0.467 e. The zero-order chi connectivity index (χ0) is 23.7. The van der Waals surface area contributed by atoms with Crippen molar-refractivity contribution < 1.29 is 33.4 Å². The van der Waals surface area contributed by atoms with Crippen molar-refractivity contribution in [2.24, 2.45) is 0 Å². The molecule has 1 atom stereocenters. The molecule has 0 aromatic heterocycles. The molecular weight excluding hydrogens is 420 g/mol. The van der Waals surface area contributed by atoms with E-state index in [2.05, 4.69) is 5.43 Å². The van der Waals surface area contributed by atoms with Gasteiger partial charge in [-0.2, -0.15) is 0 Å². The smallest absolute Gasteiger partial charge is 0.358 e. The van der Waals surface area contributed by atoms with E-state index in [9.17, 15) is 24.0 Å². The van der Waals surface area contributed by atoms with Gasteiger partial charge in [-0.25, -0.2) is 24.6 Å². The number of carbonyl (C=O) groups is 5. The van der Waals surface area contributed by atoms with Gasteiger partial charge < -0.3 is 9.47 Å². The highest BCUT2D eigenvalue weighted by molar-refractivity contribution is 5.88. The topological polar surface area (TPSA) is 126 Å². The Kier molecular flexibility index (Phi) is 8.99.